The van der Waals surface area contributed by atoms with E-state index < -0.39 is 40.3 Å². The molecule has 1 aromatic carbocycles. The van der Waals surface area contributed by atoms with Crippen molar-refractivity contribution < 1.29 is 22.7 Å². The first-order chi connectivity index (χ1) is 8.04. The molecule has 0 radical (unpaired) electrons. The van der Waals surface area contributed by atoms with Crippen LogP contribution in [0.1, 0.15) is 25.3 Å². The molecule has 0 aliphatic carbocycles. The van der Waals surface area contributed by atoms with E-state index in [-0.39, 0.29) is 0 Å². The minimum absolute atomic E-state index is 0.377. The van der Waals surface area contributed by atoms with Gasteiger partial charge in [-0.3, -0.25) is 0 Å². The summed E-state index contributed by atoms with van der Waals surface area (Å²) in [7, 11) is 0. The molecule has 1 nitrogen and oxygen atoms in total. The zero-order chi connectivity index (χ0) is 13.0. The summed E-state index contributed by atoms with van der Waals surface area (Å²) in [5.74, 6) is -5.54. The molecule has 1 N–H and O–H groups in total. The third-order valence-electron chi connectivity index (χ3n) is 2.22. The number of rotatable bonds is 5. The van der Waals surface area contributed by atoms with Gasteiger partial charge in [0.25, 0.3) is 0 Å². The highest BCUT2D eigenvalue weighted by molar-refractivity contribution is 7.99. The van der Waals surface area contributed by atoms with Crippen LogP contribution < -0.4 is 0 Å². The topological polar surface area (TPSA) is 20.2 Å². The minimum atomic E-state index is -1.52. The van der Waals surface area contributed by atoms with Crippen molar-refractivity contribution in [3.63, 3.8) is 0 Å². The van der Waals surface area contributed by atoms with Crippen molar-refractivity contribution in [3.8, 4) is 0 Å². The number of aliphatic hydroxyl groups excluding tert-OH is 1. The van der Waals surface area contributed by atoms with E-state index in [4.69, 9.17) is 5.11 Å². The van der Waals surface area contributed by atoms with Gasteiger partial charge in [-0.05, 0) is 12.2 Å². The highest BCUT2D eigenvalue weighted by Crippen LogP contribution is 2.31. The first-order valence-corrected chi connectivity index (χ1v) is 6.11. The number of hydrogen-bond donors (Lipinski definition) is 1. The summed E-state index contributed by atoms with van der Waals surface area (Å²) >= 11 is 0.734. The molecule has 0 aromatic heterocycles. The summed E-state index contributed by atoms with van der Waals surface area (Å²) in [6, 6.07) is 0. The molecule has 0 aliphatic rings. The maximum Gasteiger partial charge on any atom is 0.175 e. The average Bonchev–Trinajstić information content (AvgIpc) is 2.32. The molecule has 0 atom stereocenters. The standard InChI is InChI=1S/C11H12F4OS/c1-2-3-4-17-11-9(14)7(12)6(5-16)8(13)10(11)15/h16H,2-5H2,1H3. The maximum absolute atomic E-state index is 13.4. The summed E-state index contributed by atoms with van der Waals surface area (Å²) in [6.07, 6.45) is 1.50. The van der Waals surface area contributed by atoms with Crippen molar-refractivity contribution in [3.05, 3.63) is 28.8 Å². The van der Waals surface area contributed by atoms with Crippen LogP contribution in [-0.4, -0.2) is 10.9 Å². The second-order valence-electron chi connectivity index (χ2n) is 3.42. The van der Waals surface area contributed by atoms with Gasteiger partial charge >= 0.3 is 0 Å². The number of aliphatic hydroxyl groups is 1. The Bertz CT molecular complexity index is 380. The molecule has 6 heteroatoms. The van der Waals surface area contributed by atoms with Gasteiger partial charge in [0, 0.05) is 0 Å². The molecule has 0 fully saturated rings. The molecule has 17 heavy (non-hydrogen) atoms. The SMILES string of the molecule is CCCCSc1c(F)c(F)c(CO)c(F)c1F. The third kappa shape index (κ3) is 2.93. The molecule has 0 saturated carbocycles. The van der Waals surface area contributed by atoms with Crippen LogP contribution in [0.15, 0.2) is 4.90 Å². The van der Waals surface area contributed by atoms with Crippen LogP contribution in [0.2, 0.25) is 0 Å². The number of halogens is 4. The van der Waals surface area contributed by atoms with Crippen LogP contribution in [0.4, 0.5) is 17.6 Å². The van der Waals surface area contributed by atoms with E-state index in [0.29, 0.717) is 12.2 Å². The molecule has 1 rings (SSSR count). The fourth-order valence-electron chi connectivity index (χ4n) is 1.24. The quantitative estimate of drug-likeness (QED) is 0.381. The number of hydrogen-bond acceptors (Lipinski definition) is 2. The summed E-state index contributed by atoms with van der Waals surface area (Å²) in [5, 5.41) is 8.63. The smallest absolute Gasteiger partial charge is 0.175 e. The molecule has 0 spiro atoms. The molecule has 0 heterocycles. The summed E-state index contributed by atoms with van der Waals surface area (Å²) < 4.78 is 53.3. The Hall–Kier alpha value is -0.750. The van der Waals surface area contributed by atoms with Crippen LogP contribution in [0.5, 0.6) is 0 Å². The van der Waals surface area contributed by atoms with Crippen LogP contribution >= 0.6 is 11.8 Å². The van der Waals surface area contributed by atoms with Gasteiger partial charge < -0.3 is 5.11 Å². The van der Waals surface area contributed by atoms with E-state index in [2.05, 4.69) is 0 Å². The molecule has 0 bridgehead atoms. The molecule has 0 amide bonds. The zero-order valence-corrected chi connectivity index (χ0v) is 10.0. The Morgan fingerprint density at radius 2 is 1.53 bits per heavy atom. The predicted molar refractivity (Wildman–Crippen MR) is 57.8 cm³/mol. The first kappa shape index (κ1) is 14.3. The van der Waals surface area contributed by atoms with E-state index in [1.165, 1.54) is 0 Å². The number of thioether (sulfide) groups is 1. The highest BCUT2D eigenvalue weighted by Gasteiger charge is 2.24. The van der Waals surface area contributed by atoms with Gasteiger partial charge in [0.05, 0.1) is 17.1 Å². The lowest BCUT2D eigenvalue weighted by Crippen LogP contribution is -2.05. The molecule has 0 unspecified atom stereocenters. The number of benzene rings is 1. The lowest BCUT2D eigenvalue weighted by molar-refractivity contribution is 0.261. The predicted octanol–water partition coefficient (Wildman–Crippen LogP) is 3.63. The second kappa shape index (κ2) is 6.26. The average molecular weight is 268 g/mol. The van der Waals surface area contributed by atoms with Crippen LogP contribution in [0.25, 0.3) is 0 Å². The minimum Gasteiger partial charge on any atom is -0.391 e. The van der Waals surface area contributed by atoms with Crippen LogP contribution in [-0.2, 0) is 6.61 Å². The monoisotopic (exact) mass is 268 g/mol. The third-order valence-corrected chi connectivity index (χ3v) is 3.36. The first-order valence-electron chi connectivity index (χ1n) is 5.13. The van der Waals surface area contributed by atoms with E-state index in [1.807, 2.05) is 6.92 Å². The van der Waals surface area contributed by atoms with Crippen molar-refractivity contribution in [1.29, 1.82) is 0 Å². The van der Waals surface area contributed by atoms with Crippen molar-refractivity contribution >= 4 is 11.8 Å². The molecular formula is C11H12F4OS. The van der Waals surface area contributed by atoms with Gasteiger partial charge in [0.1, 0.15) is 0 Å². The molecule has 1 aromatic rings. The Labute approximate surface area is 101 Å². The van der Waals surface area contributed by atoms with Crippen molar-refractivity contribution in [2.24, 2.45) is 0 Å². The van der Waals surface area contributed by atoms with Crippen molar-refractivity contribution in [1.82, 2.24) is 0 Å². The molecular weight excluding hydrogens is 256 g/mol. The van der Waals surface area contributed by atoms with Crippen LogP contribution in [0.3, 0.4) is 0 Å². The largest absolute Gasteiger partial charge is 0.391 e. The summed E-state index contributed by atoms with van der Waals surface area (Å²) in [6.45, 7) is 0.814. The van der Waals surface area contributed by atoms with E-state index in [0.717, 1.165) is 18.2 Å². The van der Waals surface area contributed by atoms with Gasteiger partial charge in [-0.15, -0.1) is 11.8 Å². The van der Waals surface area contributed by atoms with Gasteiger partial charge in [0.2, 0.25) is 0 Å². The Balaban J connectivity index is 3.13. The fourth-order valence-corrected chi connectivity index (χ4v) is 2.31. The Morgan fingerprint density at radius 3 is 1.94 bits per heavy atom. The highest BCUT2D eigenvalue weighted by atomic mass is 32.2. The fraction of sp³-hybridized carbons (Fsp3) is 0.455. The van der Waals surface area contributed by atoms with Crippen LogP contribution in [0, 0.1) is 23.3 Å². The maximum atomic E-state index is 13.4. The normalized spacial score (nSPS) is 10.9. The summed E-state index contributed by atoms with van der Waals surface area (Å²) in [4.78, 5) is -0.661. The van der Waals surface area contributed by atoms with Gasteiger partial charge in [0.15, 0.2) is 23.3 Å². The van der Waals surface area contributed by atoms with E-state index >= 15 is 0 Å². The van der Waals surface area contributed by atoms with Gasteiger partial charge in [-0.1, -0.05) is 13.3 Å². The molecule has 96 valence electrons. The van der Waals surface area contributed by atoms with Crippen molar-refractivity contribution in [2.45, 2.75) is 31.3 Å². The van der Waals surface area contributed by atoms with E-state index in [9.17, 15) is 17.6 Å². The lowest BCUT2D eigenvalue weighted by Gasteiger charge is -2.09. The van der Waals surface area contributed by atoms with E-state index in [1.54, 1.807) is 0 Å². The van der Waals surface area contributed by atoms with Crippen molar-refractivity contribution in [2.75, 3.05) is 5.75 Å². The second-order valence-corrected chi connectivity index (χ2v) is 4.53. The zero-order valence-electron chi connectivity index (χ0n) is 9.20. The lowest BCUT2D eigenvalue weighted by atomic mass is 10.2. The Kier molecular flexibility index (Phi) is 5.27. The Morgan fingerprint density at radius 1 is 1.00 bits per heavy atom. The number of unbranched alkanes of at least 4 members (excludes halogenated alkanes) is 1. The summed E-state index contributed by atoms with van der Waals surface area (Å²) in [5.41, 5.74) is -0.972. The molecule has 0 aliphatic heterocycles. The van der Waals surface area contributed by atoms with Gasteiger partial charge in [-0.25, -0.2) is 17.6 Å². The molecule has 0 saturated heterocycles. The van der Waals surface area contributed by atoms with Gasteiger partial charge in [-0.2, -0.15) is 0 Å².